The van der Waals surface area contributed by atoms with Gasteiger partial charge in [0, 0.05) is 16.6 Å². The molecule has 0 fully saturated rings. The summed E-state index contributed by atoms with van der Waals surface area (Å²) in [6.45, 7) is 4.04. The van der Waals surface area contributed by atoms with Crippen LogP contribution in [0.1, 0.15) is 35.8 Å². The van der Waals surface area contributed by atoms with Crippen molar-refractivity contribution in [3.8, 4) is 0 Å². The van der Waals surface area contributed by atoms with Gasteiger partial charge in [-0.1, -0.05) is 54.1 Å². The minimum Gasteiger partial charge on any atom is -0.292 e. The van der Waals surface area contributed by atoms with Crippen LogP contribution in [0.25, 0.3) is 0 Å². The van der Waals surface area contributed by atoms with Crippen LogP contribution in [0.15, 0.2) is 54.6 Å². The average Bonchev–Trinajstić information content (AvgIpc) is 2.53. The van der Waals surface area contributed by atoms with E-state index in [1.807, 2.05) is 68.6 Å². The molecule has 3 heteroatoms. The molecule has 2 rings (SSSR count). The molecule has 21 heavy (non-hydrogen) atoms. The van der Waals surface area contributed by atoms with Gasteiger partial charge in [0.1, 0.15) is 0 Å². The molecule has 110 valence electrons. The summed E-state index contributed by atoms with van der Waals surface area (Å²) in [5.74, 6) is 0.138. The standard InChI is InChI=1S/C18H20ClNO/c1-13(15-9-11-17(19)12-10-15)20(3)14(2)18(21)16-7-5-4-6-8-16/h4-14H,1-3H3. The highest BCUT2D eigenvalue weighted by Gasteiger charge is 2.23. The molecule has 0 aromatic heterocycles. The van der Waals surface area contributed by atoms with Crippen LogP contribution in [-0.4, -0.2) is 23.8 Å². The summed E-state index contributed by atoms with van der Waals surface area (Å²) in [5.41, 5.74) is 1.90. The second-order valence-corrected chi connectivity index (χ2v) is 5.74. The Morgan fingerprint density at radius 3 is 2.14 bits per heavy atom. The van der Waals surface area contributed by atoms with Crippen LogP contribution in [0.3, 0.4) is 0 Å². The number of benzene rings is 2. The molecule has 0 N–H and O–H groups in total. The second-order valence-electron chi connectivity index (χ2n) is 5.30. The number of Topliss-reactive ketones (excluding diaryl/α,β-unsaturated/α-hetero) is 1. The summed E-state index contributed by atoms with van der Waals surface area (Å²) in [6.07, 6.45) is 0. The monoisotopic (exact) mass is 301 g/mol. The van der Waals surface area contributed by atoms with E-state index in [9.17, 15) is 4.79 Å². The summed E-state index contributed by atoms with van der Waals surface area (Å²) >= 11 is 5.92. The van der Waals surface area contributed by atoms with E-state index in [1.165, 1.54) is 0 Å². The molecule has 0 amide bonds. The zero-order chi connectivity index (χ0) is 15.4. The van der Waals surface area contributed by atoms with Crippen LogP contribution < -0.4 is 0 Å². The normalized spacial score (nSPS) is 14.0. The maximum atomic E-state index is 12.5. The van der Waals surface area contributed by atoms with Gasteiger partial charge in [0.2, 0.25) is 0 Å². The topological polar surface area (TPSA) is 20.3 Å². The number of halogens is 1. The molecule has 0 aliphatic carbocycles. The third-order valence-electron chi connectivity index (χ3n) is 4.01. The van der Waals surface area contributed by atoms with Crippen molar-refractivity contribution in [1.82, 2.24) is 4.90 Å². The van der Waals surface area contributed by atoms with E-state index < -0.39 is 0 Å². The van der Waals surface area contributed by atoms with E-state index in [0.29, 0.717) is 0 Å². The molecule has 2 unspecified atom stereocenters. The molecule has 0 heterocycles. The van der Waals surface area contributed by atoms with Gasteiger partial charge in [-0.05, 0) is 38.6 Å². The molecule has 2 nitrogen and oxygen atoms in total. The number of rotatable bonds is 5. The fraction of sp³-hybridized carbons (Fsp3) is 0.278. The van der Waals surface area contributed by atoms with E-state index in [1.54, 1.807) is 0 Å². The molecule has 2 aromatic carbocycles. The van der Waals surface area contributed by atoms with Crippen LogP contribution in [0.2, 0.25) is 5.02 Å². The van der Waals surface area contributed by atoms with Crippen molar-refractivity contribution >= 4 is 17.4 Å². The summed E-state index contributed by atoms with van der Waals surface area (Å²) in [4.78, 5) is 14.6. The highest BCUT2D eigenvalue weighted by Crippen LogP contribution is 2.23. The van der Waals surface area contributed by atoms with E-state index in [-0.39, 0.29) is 17.9 Å². The smallest absolute Gasteiger partial charge is 0.179 e. The van der Waals surface area contributed by atoms with Gasteiger partial charge >= 0.3 is 0 Å². The van der Waals surface area contributed by atoms with Crippen molar-refractivity contribution in [3.63, 3.8) is 0 Å². The van der Waals surface area contributed by atoms with Crippen LogP contribution >= 0.6 is 11.6 Å². The van der Waals surface area contributed by atoms with Crippen molar-refractivity contribution in [1.29, 1.82) is 0 Å². The van der Waals surface area contributed by atoms with Crippen molar-refractivity contribution in [2.24, 2.45) is 0 Å². The zero-order valence-electron chi connectivity index (χ0n) is 12.6. The van der Waals surface area contributed by atoms with Crippen molar-refractivity contribution in [2.45, 2.75) is 25.9 Å². The molecule has 0 aliphatic heterocycles. The van der Waals surface area contributed by atoms with Gasteiger partial charge in [-0.3, -0.25) is 9.69 Å². The highest BCUT2D eigenvalue weighted by atomic mass is 35.5. The first-order valence-corrected chi connectivity index (χ1v) is 7.45. The van der Waals surface area contributed by atoms with Crippen LogP contribution in [0.5, 0.6) is 0 Å². The Bertz CT molecular complexity index is 594. The Balaban J connectivity index is 2.13. The van der Waals surface area contributed by atoms with Crippen molar-refractivity contribution < 1.29 is 4.79 Å². The lowest BCUT2D eigenvalue weighted by Gasteiger charge is -2.30. The first-order chi connectivity index (χ1) is 10.0. The number of ketones is 1. The minimum absolute atomic E-state index is 0.138. The van der Waals surface area contributed by atoms with Gasteiger partial charge in [0.15, 0.2) is 5.78 Å². The van der Waals surface area contributed by atoms with Crippen LogP contribution in [0, 0.1) is 0 Å². The maximum absolute atomic E-state index is 12.5. The molecule has 0 bridgehead atoms. The van der Waals surface area contributed by atoms with E-state index >= 15 is 0 Å². The summed E-state index contributed by atoms with van der Waals surface area (Å²) in [6, 6.07) is 17.1. The lowest BCUT2D eigenvalue weighted by molar-refractivity contribution is 0.0826. The predicted molar refractivity (Wildman–Crippen MR) is 87.9 cm³/mol. The summed E-state index contributed by atoms with van der Waals surface area (Å²) < 4.78 is 0. The second kappa shape index (κ2) is 6.88. The quantitative estimate of drug-likeness (QED) is 0.752. The number of carbonyl (C=O) groups is 1. The number of likely N-dealkylation sites (N-methyl/N-ethyl adjacent to an activating group) is 1. The summed E-state index contributed by atoms with van der Waals surface area (Å²) in [7, 11) is 1.98. The van der Waals surface area contributed by atoms with Crippen LogP contribution in [-0.2, 0) is 0 Å². The largest absolute Gasteiger partial charge is 0.292 e. The molecule has 0 aliphatic rings. The van der Waals surface area contributed by atoms with E-state index in [0.717, 1.165) is 16.1 Å². The molecular weight excluding hydrogens is 282 g/mol. The Labute approximate surface area is 131 Å². The number of nitrogens with zero attached hydrogens (tertiary/aromatic N) is 1. The van der Waals surface area contributed by atoms with Gasteiger partial charge in [-0.2, -0.15) is 0 Å². The molecule has 0 spiro atoms. The molecule has 2 atom stereocenters. The fourth-order valence-electron chi connectivity index (χ4n) is 2.34. The lowest BCUT2D eigenvalue weighted by Crippen LogP contribution is -2.37. The molecule has 0 saturated heterocycles. The van der Waals surface area contributed by atoms with Gasteiger partial charge in [0.25, 0.3) is 0 Å². The number of hydrogen-bond donors (Lipinski definition) is 0. The lowest BCUT2D eigenvalue weighted by atomic mass is 10.0. The first-order valence-electron chi connectivity index (χ1n) is 7.07. The third kappa shape index (κ3) is 3.72. The van der Waals surface area contributed by atoms with E-state index in [4.69, 9.17) is 11.6 Å². The van der Waals surface area contributed by atoms with Crippen molar-refractivity contribution in [2.75, 3.05) is 7.05 Å². The van der Waals surface area contributed by atoms with Crippen LogP contribution in [0.4, 0.5) is 0 Å². The number of hydrogen-bond acceptors (Lipinski definition) is 2. The van der Waals surface area contributed by atoms with Gasteiger partial charge < -0.3 is 0 Å². The highest BCUT2D eigenvalue weighted by molar-refractivity contribution is 6.30. The molecule has 0 radical (unpaired) electrons. The molecular formula is C18H20ClNO. The Morgan fingerprint density at radius 1 is 1.00 bits per heavy atom. The SMILES string of the molecule is CC(C(=O)c1ccccc1)N(C)C(C)c1ccc(Cl)cc1. The van der Waals surface area contributed by atoms with E-state index in [2.05, 4.69) is 11.8 Å². The Kier molecular flexibility index (Phi) is 5.16. The number of carbonyl (C=O) groups excluding carboxylic acids is 1. The zero-order valence-corrected chi connectivity index (χ0v) is 13.3. The average molecular weight is 302 g/mol. The first kappa shape index (κ1) is 15.7. The molecule has 0 saturated carbocycles. The predicted octanol–water partition coefficient (Wildman–Crippen LogP) is 4.60. The van der Waals surface area contributed by atoms with Gasteiger partial charge in [-0.15, -0.1) is 0 Å². The minimum atomic E-state index is -0.182. The maximum Gasteiger partial charge on any atom is 0.179 e. The fourth-order valence-corrected chi connectivity index (χ4v) is 2.47. The Morgan fingerprint density at radius 2 is 1.57 bits per heavy atom. The van der Waals surface area contributed by atoms with Gasteiger partial charge in [0.05, 0.1) is 6.04 Å². The summed E-state index contributed by atoms with van der Waals surface area (Å²) in [5, 5.41) is 0.724. The Hall–Kier alpha value is -1.64. The third-order valence-corrected chi connectivity index (χ3v) is 4.26. The van der Waals surface area contributed by atoms with Crippen molar-refractivity contribution in [3.05, 3.63) is 70.7 Å². The molecule has 2 aromatic rings. The van der Waals surface area contributed by atoms with Gasteiger partial charge in [-0.25, -0.2) is 0 Å².